The van der Waals surface area contributed by atoms with Crippen molar-refractivity contribution in [1.82, 2.24) is 0 Å². The van der Waals surface area contributed by atoms with Gasteiger partial charge in [-0.15, -0.1) is 0 Å². The maximum absolute atomic E-state index is 10.5. The normalized spacial score (nSPS) is 36.5. The summed E-state index contributed by atoms with van der Waals surface area (Å²) in [6.45, 7) is 4.50. The van der Waals surface area contributed by atoms with Crippen LogP contribution in [-0.2, 0) is 9.53 Å². The third-order valence-corrected chi connectivity index (χ3v) is 3.27. The number of carbonyl (C=O) groups is 1. The lowest BCUT2D eigenvalue weighted by Gasteiger charge is -2.43. The fourth-order valence-corrected chi connectivity index (χ4v) is 2.10. The highest BCUT2D eigenvalue weighted by Crippen LogP contribution is 2.36. The van der Waals surface area contributed by atoms with E-state index in [2.05, 4.69) is 0 Å². The molecule has 2 unspecified atom stereocenters. The lowest BCUT2D eigenvalue weighted by Crippen LogP contribution is -2.47. The molecule has 0 aliphatic carbocycles. The molecule has 0 bridgehead atoms. The van der Waals surface area contributed by atoms with Crippen LogP contribution in [0.1, 0.15) is 46.0 Å². The summed E-state index contributed by atoms with van der Waals surface area (Å²) in [5.74, 6) is -0.854. The monoisotopic (exact) mass is 216 g/mol. The standard InChI is InChI=1S/C11H20O4/c1-3-10(2)8-11(14,6-7-15-10)5-4-9(12)13/h14H,3-8H2,1-2H3,(H,12,13). The second kappa shape index (κ2) is 4.49. The lowest BCUT2D eigenvalue weighted by atomic mass is 9.79. The van der Waals surface area contributed by atoms with Gasteiger partial charge >= 0.3 is 5.97 Å². The summed E-state index contributed by atoms with van der Waals surface area (Å²) in [4.78, 5) is 10.5. The van der Waals surface area contributed by atoms with Crippen molar-refractivity contribution >= 4 is 5.97 Å². The number of ether oxygens (including phenoxy) is 1. The highest BCUT2D eigenvalue weighted by atomic mass is 16.5. The van der Waals surface area contributed by atoms with E-state index in [0.717, 1.165) is 6.42 Å². The summed E-state index contributed by atoms with van der Waals surface area (Å²) in [5.41, 5.74) is -1.16. The Morgan fingerprint density at radius 2 is 2.20 bits per heavy atom. The fraction of sp³-hybridized carbons (Fsp3) is 0.909. The Labute approximate surface area is 90.2 Å². The second-order valence-electron chi connectivity index (χ2n) is 4.70. The number of aliphatic hydroxyl groups is 1. The molecule has 88 valence electrons. The molecule has 0 aromatic carbocycles. The molecule has 1 aliphatic rings. The number of hydrogen-bond acceptors (Lipinski definition) is 3. The Morgan fingerprint density at radius 1 is 1.53 bits per heavy atom. The summed E-state index contributed by atoms with van der Waals surface area (Å²) in [6, 6.07) is 0. The molecule has 4 nitrogen and oxygen atoms in total. The van der Waals surface area contributed by atoms with Crippen LogP contribution >= 0.6 is 0 Å². The van der Waals surface area contributed by atoms with Crippen molar-refractivity contribution in [3.63, 3.8) is 0 Å². The van der Waals surface area contributed by atoms with Crippen molar-refractivity contribution in [1.29, 1.82) is 0 Å². The lowest BCUT2D eigenvalue weighted by molar-refractivity contribution is -0.161. The Kier molecular flexibility index (Phi) is 3.73. The average Bonchev–Trinajstić information content (AvgIpc) is 2.15. The molecule has 0 amide bonds. The van der Waals surface area contributed by atoms with Gasteiger partial charge in [-0.05, 0) is 26.2 Å². The maximum Gasteiger partial charge on any atom is 0.303 e. The molecule has 0 saturated carbocycles. The van der Waals surface area contributed by atoms with E-state index < -0.39 is 11.6 Å². The van der Waals surface area contributed by atoms with Crippen molar-refractivity contribution in [2.45, 2.75) is 57.2 Å². The zero-order valence-electron chi connectivity index (χ0n) is 9.45. The molecular weight excluding hydrogens is 196 g/mol. The third kappa shape index (κ3) is 3.47. The van der Waals surface area contributed by atoms with Gasteiger partial charge in [0, 0.05) is 12.8 Å². The van der Waals surface area contributed by atoms with Crippen molar-refractivity contribution in [2.75, 3.05) is 6.61 Å². The summed E-state index contributed by atoms with van der Waals surface area (Å²) >= 11 is 0. The quantitative estimate of drug-likeness (QED) is 0.748. The zero-order valence-corrected chi connectivity index (χ0v) is 9.45. The molecule has 0 aromatic rings. The molecule has 4 heteroatoms. The minimum Gasteiger partial charge on any atom is -0.481 e. The van der Waals surface area contributed by atoms with Crippen LogP contribution < -0.4 is 0 Å². The number of hydrogen-bond donors (Lipinski definition) is 2. The Balaban J connectivity index is 2.56. The predicted molar refractivity (Wildman–Crippen MR) is 55.7 cm³/mol. The van der Waals surface area contributed by atoms with Crippen LogP contribution in [0.2, 0.25) is 0 Å². The molecule has 2 atom stereocenters. The van der Waals surface area contributed by atoms with Crippen LogP contribution in [0.15, 0.2) is 0 Å². The topological polar surface area (TPSA) is 66.8 Å². The Bertz CT molecular complexity index is 241. The molecule has 1 rings (SSSR count). The van der Waals surface area contributed by atoms with E-state index >= 15 is 0 Å². The second-order valence-corrected chi connectivity index (χ2v) is 4.70. The summed E-state index contributed by atoms with van der Waals surface area (Å²) in [7, 11) is 0. The van der Waals surface area contributed by atoms with Gasteiger partial charge in [-0.3, -0.25) is 4.79 Å². The van der Waals surface area contributed by atoms with E-state index in [-0.39, 0.29) is 12.0 Å². The first kappa shape index (κ1) is 12.5. The number of rotatable bonds is 4. The highest BCUT2D eigenvalue weighted by molar-refractivity contribution is 5.66. The number of carboxylic acids is 1. The molecule has 0 spiro atoms. The Hall–Kier alpha value is -0.610. The van der Waals surface area contributed by atoms with Crippen LogP contribution in [0, 0.1) is 0 Å². The van der Waals surface area contributed by atoms with Crippen LogP contribution in [0.5, 0.6) is 0 Å². The van der Waals surface area contributed by atoms with Crippen molar-refractivity contribution in [3.8, 4) is 0 Å². The van der Waals surface area contributed by atoms with Gasteiger partial charge in [0.05, 0.1) is 17.8 Å². The fourth-order valence-electron chi connectivity index (χ4n) is 2.10. The van der Waals surface area contributed by atoms with Gasteiger partial charge in [0.25, 0.3) is 0 Å². The van der Waals surface area contributed by atoms with Crippen LogP contribution in [-0.4, -0.2) is 34.0 Å². The van der Waals surface area contributed by atoms with Crippen LogP contribution in [0.25, 0.3) is 0 Å². The third-order valence-electron chi connectivity index (χ3n) is 3.27. The SMILES string of the molecule is CCC1(C)CC(O)(CCC(=O)O)CCO1. The number of aliphatic carboxylic acids is 1. The van der Waals surface area contributed by atoms with Gasteiger partial charge in [0.1, 0.15) is 0 Å². The smallest absolute Gasteiger partial charge is 0.303 e. The predicted octanol–water partition coefficient (Wildman–Crippen LogP) is 1.56. The van der Waals surface area contributed by atoms with Crippen LogP contribution in [0.3, 0.4) is 0 Å². The van der Waals surface area contributed by atoms with Crippen molar-refractivity contribution in [2.24, 2.45) is 0 Å². The van der Waals surface area contributed by atoms with Crippen LogP contribution in [0.4, 0.5) is 0 Å². The molecule has 2 N–H and O–H groups in total. The van der Waals surface area contributed by atoms with Gasteiger partial charge < -0.3 is 14.9 Å². The van der Waals surface area contributed by atoms with Gasteiger partial charge in [-0.25, -0.2) is 0 Å². The molecular formula is C11H20O4. The van der Waals surface area contributed by atoms with E-state index in [0.29, 0.717) is 25.9 Å². The van der Waals surface area contributed by atoms with Crippen molar-refractivity contribution < 1.29 is 19.7 Å². The molecule has 1 heterocycles. The van der Waals surface area contributed by atoms with E-state index in [1.807, 2.05) is 13.8 Å². The Morgan fingerprint density at radius 3 is 2.73 bits per heavy atom. The van der Waals surface area contributed by atoms with E-state index in [4.69, 9.17) is 9.84 Å². The molecule has 1 saturated heterocycles. The van der Waals surface area contributed by atoms with E-state index in [1.54, 1.807) is 0 Å². The van der Waals surface area contributed by atoms with E-state index in [9.17, 15) is 9.90 Å². The van der Waals surface area contributed by atoms with Gasteiger partial charge in [0.15, 0.2) is 0 Å². The summed E-state index contributed by atoms with van der Waals surface area (Å²) in [6.07, 6.45) is 2.25. The highest BCUT2D eigenvalue weighted by Gasteiger charge is 2.40. The molecule has 1 fully saturated rings. The van der Waals surface area contributed by atoms with Crippen molar-refractivity contribution in [3.05, 3.63) is 0 Å². The average molecular weight is 216 g/mol. The molecule has 1 aliphatic heterocycles. The van der Waals surface area contributed by atoms with Gasteiger partial charge in [-0.1, -0.05) is 6.92 Å². The first-order chi connectivity index (χ1) is 6.89. The molecule has 0 aromatic heterocycles. The first-order valence-corrected chi connectivity index (χ1v) is 5.47. The largest absolute Gasteiger partial charge is 0.481 e. The van der Waals surface area contributed by atoms with Gasteiger partial charge in [0.2, 0.25) is 0 Å². The minimum atomic E-state index is -0.860. The summed E-state index contributed by atoms with van der Waals surface area (Å²) in [5, 5.41) is 18.8. The van der Waals surface area contributed by atoms with E-state index in [1.165, 1.54) is 0 Å². The minimum absolute atomic E-state index is 0.0241. The number of carboxylic acid groups (broad SMARTS) is 1. The van der Waals surface area contributed by atoms with Gasteiger partial charge in [-0.2, -0.15) is 0 Å². The molecule has 0 radical (unpaired) electrons. The molecule has 15 heavy (non-hydrogen) atoms. The summed E-state index contributed by atoms with van der Waals surface area (Å²) < 4.78 is 5.61. The first-order valence-electron chi connectivity index (χ1n) is 5.47. The zero-order chi connectivity index (χ0) is 11.5. The maximum atomic E-state index is 10.5.